The molecule has 0 radical (unpaired) electrons. The van der Waals surface area contributed by atoms with Crippen molar-refractivity contribution < 1.29 is 0 Å². The highest BCUT2D eigenvalue weighted by molar-refractivity contribution is 5.52. The van der Waals surface area contributed by atoms with Crippen LogP contribution in [0, 0.1) is 0 Å². The minimum Gasteiger partial charge on any atom is -0.378 e. The van der Waals surface area contributed by atoms with Crippen molar-refractivity contribution in [3.63, 3.8) is 0 Å². The van der Waals surface area contributed by atoms with E-state index in [0.717, 1.165) is 13.1 Å². The molecule has 3 nitrogen and oxygen atoms in total. The summed E-state index contributed by atoms with van der Waals surface area (Å²) in [4.78, 5) is 4.72. The van der Waals surface area contributed by atoms with E-state index < -0.39 is 0 Å². The highest BCUT2D eigenvalue weighted by Crippen LogP contribution is 2.35. The summed E-state index contributed by atoms with van der Waals surface area (Å²) in [6, 6.07) is 7.22. The van der Waals surface area contributed by atoms with Crippen LogP contribution in [-0.2, 0) is 6.54 Å². The van der Waals surface area contributed by atoms with Gasteiger partial charge in [-0.05, 0) is 36.2 Å². The second-order valence-corrected chi connectivity index (χ2v) is 6.06. The Labute approximate surface area is 123 Å². The fraction of sp³-hybridized carbons (Fsp3) is 0.647. The van der Waals surface area contributed by atoms with E-state index in [4.69, 9.17) is 5.73 Å². The number of unbranched alkanes of at least 4 members (excludes halogenated alkanes) is 3. The minimum atomic E-state index is 0.409. The lowest BCUT2D eigenvalue weighted by atomic mass is 10.0. The van der Waals surface area contributed by atoms with Crippen LogP contribution in [0.5, 0.6) is 0 Å². The summed E-state index contributed by atoms with van der Waals surface area (Å²) in [5.74, 6) is 0. The van der Waals surface area contributed by atoms with Gasteiger partial charge in [-0.2, -0.15) is 0 Å². The normalized spacial score (nSPS) is 18.3. The van der Waals surface area contributed by atoms with Crippen LogP contribution >= 0.6 is 0 Å². The fourth-order valence-corrected chi connectivity index (χ4v) is 3.09. The van der Waals surface area contributed by atoms with E-state index in [2.05, 4.69) is 49.0 Å². The highest BCUT2D eigenvalue weighted by atomic mass is 15.2. The SMILES string of the molecule is CCCCCCN1Cc2ccc(N(C)C)cc2C1CN. The summed E-state index contributed by atoms with van der Waals surface area (Å²) in [5, 5.41) is 0. The van der Waals surface area contributed by atoms with Gasteiger partial charge < -0.3 is 10.6 Å². The molecule has 1 atom stereocenters. The van der Waals surface area contributed by atoms with Crippen molar-refractivity contribution in [2.75, 3.05) is 32.1 Å². The van der Waals surface area contributed by atoms with Crippen molar-refractivity contribution in [1.29, 1.82) is 0 Å². The average Bonchev–Trinajstić information content (AvgIpc) is 2.79. The third-order valence-electron chi connectivity index (χ3n) is 4.34. The van der Waals surface area contributed by atoms with Gasteiger partial charge in [-0.1, -0.05) is 32.3 Å². The fourth-order valence-electron chi connectivity index (χ4n) is 3.09. The lowest BCUT2D eigenvalue weighted by Gasteiger charge is -2.24. The molecular formula is C17H29N3. The van der Waals surface area contributed by atoms with E-state index in [1.165, 1.54) is 49.0 Å². The maximum atomic E-state index is 6.04. The molecule has 0 saturated heterocycles. The summed E-state index contributed by atoms with van der Waals surface area (Å²) in [6.45, 7) is 5.22. The van der Waals surface area contributed by atoms with Gasteiger partial charge in [-0.3, -0.25) is 4.90 Å². The van der Waals surface area contributed by atoms with Gasteiger partial charge >= 0.3 is 0 Å². The first-order valence-corrected chi connectivity index (χ1v) is 7.91. The zero-order chi connectivity index (χ0) is 14.5. The molecular weight excluding hydrogens is 246 g/mol. The van der Waals surface area contributed by atoms with Gasteiger partial charge in [0.05, 0.1) is 0 Å². The molecule has 1 aliphatic rings. The number of anilines is 1. The van der Waals surface area contributed by atoms with Crippen LogP contribution in [0.4, 0.5) is 5.69 Å². The first-order chi connectivity index (χ1) is 9.67. The standard InChI is InChI=1S/C17H29N3/c1-4-5-6-7-10-20-13-14-8-9-15(19(2)3)11-16(14)17(20)12-18/h8-9,11,17H,4-7,10,12-13,18H2,1-3H3. The van der Waals surface area contributed by atoms with E-state index in [0.29, 0.717) is 6.04 Å². The smallest absolute Gasteiger partial charge is 0.0477 e. The predicted molar refractivity (Wildman–Crippen MR) is 87.1 cm³/mol. The van der Waals surface area contributed by atoms with Gasteiger partial charge in [0.25, 0.3) is 0 Å². The molecule has 1 aromatic rings. The molecule has 1 aromatic carbocycles. The van der Waals surface area contributed by atoms with Crippen LogP contribution in [0.15, 0.2) is 18.2 Å². The van der Waals surface area contributed by atoms with E-state index in [1.54, 1.807) is 0 Å². The number of benzene rings is 1. The predicted octanol–water partition coefficient (Wildman–Crippen LogP) is 3.15. The van der Waals surface area contributed by atoms with Gasteiger partial charge in [-0.15, -0.1) is 0 Å². The third kappa shape index (κ3) is 3.33. The van der Waals surface area contributed by atoms with E-state index >= 15 is 0 Å². The van der Waals surface area contributed by atoms with Crippen molar-refractivity contribution >= 4 is 5.69 Å². The van der Waals surface area contributed by atoms with Gasteiger partial charge in [0, 0.05) is 38.9 Å². The Morgan fingerprint density at radius 3 is 2.70 bits per heavy atom. The second-order valence-electron chi connectivity index (χ2n) is 6.06. The van der Waals surface area contributed by atoms with Crippen LogP contribution in [0.25, 0.3) is 0 Å². The Morgan fingerprint density at radius 1 is 1.25 bits per heavy atom. The van der Waals surface area contributed by atoms with E-state index in [9.17, 15) is 0 Å². The van der Waals surface area contributed by atoms with Crippen LogP contribution in [0.1, 0.15) is 49.8 Å². The van der Waals surface area contributed by atoms with Gasteiger partial charge in [0.1, 0.15) is 0 Å². The molecule has 2 N–H and O–H groups in total. The number of hydrogen-bond acceptors (Lipinski definition) is 3. The van der Waals surface area contributed by atoms with Crippen LogP contribution < -0.4 is 10.6 Å². The average molecular weight is 275 g/mol. The van der Waals surface area contributed by atoms with E-state index in [1.807, 2.05) is 0 Å². The van der Waals surface area contributed by atoms with Gasteiger partial charge in [0.2, 0.25) is 0 Å². The number of hydrogen-bond donors (Lipinski definition) is 1. The second kappa shape index (κ2) is 7.09. The molecule has 112 valence electrons. The summed E-state index contributed by atoms with van der Waals surface area (Å²) in [7, 11) is 4.19. The lowest BCUT2D eigenvalue weighted by Crippen LogP contribution is -2.28. The van der Waals surface area contributed by atoms with Crippen molar-refractivity contribution in [3.8, 4) is 0 Å². The number of rotatable bonds is 7. The molecule has 0 aromatic heterocycles. The van der Waals surface area contributed by atoms with Crippen molar-refractivity contribution in [2.45, 2.75) is 45.2 Å². The Morgan fingerprint density at radius 2 is 2.05 bits per heavy atom. The molecule has 0 bridgehead atoms. The molecule has 1 unspecified atom stereocenters. The summed E-state index contributed by atoms with van der Waals surface area (Å²) >= 11 is 0. The Kier molecular flexibility index (Phi) is 5.44. The quantitative estimate of drug-likeness (QED) is 0.776. The van der Waals surface area contributed by atoms with Gasteiger partial charge in [0.15, 0.2) is 0 Å². The Bertz CT molecular complexity index is 428. The third-order valence-corrected chi connectivity index (χ3v) is 4.34. The maximum absolute atomic E-state index is 6.04. The molecule has 0 amide bonds. The van der Waals surface area contributed by atoms with Crippen LogP contribution in [-0.4, -0.2) is 32.1 Å². The molecule has 1 heterocycles. The molecule has 20 heavy (non-hydrogen) atoms. The zero-order valence-corrected chi connectivity index (χ0v) is 13.2. The Hall–Kier alpha value is -1.06. The monoisotopic (exact) mass is 275 g/mol. The van der Waals surface area contributed by atoms with Crippen molar-refractivity contribution in [2.24, 2.45) is 5.73 Å². The van der Waals surface area contributed by atoms with Crippen molar-refractivity contribution in [1.82, 2.24) is 4.90 Å². The topological polar surface area (TPSA) is 32.5 Å². The molecule has 0 aliphatic carbocycles. The van der Waals surface area contributed by atoms with Gasteiger partial charge in [-0.25, -0.2) is 0 Å². The van der Waals surface area contributed by atoms with Crippen LogP contribution in [0.3, 0.4) is 0 Å². The molecule has 3 heteroatoms. The lowest BCUT2D eigenvalue weighted by molar-refractivity contribution is 0.215. The van der Waals surface area contributed by atoms with Crippen LogP contribution in [0.2, 0.25) is 0 Å². The number of nitrogens with two attached hydrogens (primary N) is 1. The highest BCUT2D eigenvalue weighted by Gasteiger charge is 2.28. The molecule has 0 spiro atoms. The number of fused-ring (bicyclic) bond motifs is 1. The van der Waals surface area contributed by atoms with E-state index in [-0.39, 0.29) is 0 Å². The van der Waals surface area contributed by atoms with Crippen molar-refractivity contribution in [3.05, 3.63) is 29.3 Å². The summed E-state index contributed by atoms with van der Waals surface area (Å²) in [5.41, 5.74) is 10.2. The zero-order valence-electron chi connectivity index (χ0n) is 13.2. The first-order valence-electron chi connectivity index (χ1n) is 7.91. The Balaban J connectivity index is 2.05. The molecule has 1 aliphatic heterocycles. The largest absolute Gasteiger partial charge is 0.378 e. The molecule has 2 rings (SSSR count). The number of nitrogens with zero attached hydrogens (tertiary/aromatic N) is 2. The minimum absolute atomic E-state index is 0.409. The summed E-state index contributed by atoms with van der Waals surface area (Å²) < 4.78 is 0. The molecule has 0 fully saturated rings. The maximum Gasteiger partial charge on any atom is 0.0477 e. The molecule has 0 saturated carbocycles. The first kappa shape index (κ1) is 15.3. The summed E-state index contributed by atoms with van der Waals surface area (Å²) in [6.07, 6.45) is 5.27.